The van der Waals surface area contributed by atoms with Gasteiger partial charge in [-0.3, -0.25) is 14.4 Å². The van der Waals surface area contributed by atoms with E-state index in [1.165, 1.54) is 26.1 Å². The van der Waals surface area contributed by atoms with Crippen LogP contribution in [-0.2, 0) is 9.59 Å². The molecule has 1 fully saturated rings. The Morgan fingerprint density at radius 2 is 1.96 bits per heavy atom. The van der Waals surface area contributed by atoms with Crippen molar-refractivity contribution in [1.82, 2.24) is 20.1 Å². The molecule has 1 aromatic rings. The number of amides is 3. The first-order valence-corrected chi connectivity index (χ1v) is 8.57. The molecule has 9 nitrogen and oxygen atoms in total. The minimum atomic E-state index is -1.15. The summed E-state index contributed by atoms with van der Waals surface area (Å²) >= 11 is 0. The van der Waals surface area contributed by atoms with Crippen molar-refractivity contribution < 1.29 is 24.3 Å². The summed E-state index contributed by atoms with van der Waals surface area (Å²) in [6.45, 7) is 4.32. The van der Waals surface area contributed by atoms with Crippen LogP contribution in [0.3, 0.4) is 0 Å². The standard InChI is InChI=1S/C17H24N4O5/c1-11(17(25)26)21(8-5-18-12(2)22)15(23)13-9-14(19-10-13)16(24)20-6-3-4-7-20/h9-11,19H,3-8H2,1-2H3,(H,18,22)(H,25,26). The molecule has 2 rings (SSSR count). The van der Waals surface area contributed by atoms with Crippen LogP contribution in [-0.4, -0.2) is 75.8 Å². The van der Waals surface area contributed by atoms with Gasteiger partial charge in [-0.2, -0.15) is 0 Å². The van der Waals surface area contributed by atoms with Crippen molar-refractivity contribution >= 4 is 23.7 Å². The maximum atomic E-state index is 12.7. The molecule has 1 aliphatic rings. The first-order chi connectivity index (χ1) is 12.3. The van der Waals surface area contributed by atoms with Crippen molar-refractivity contribution in [3.8, 4) is 0 Å². The number of aromatic nitrogens is 1. The van der Waals surface area contributed by atoms with Crippen molar-refractivity contribution in [2.75, 3.05) is 26.2 Å². The number of hydrogen-bond donors (Lipinski definition) is 3. The molecule has 3 N–H and O–H groups in total. The van der Waals surface area contributed by atoms with E-state index in [4.69, 9.17) is 0 Å². The number of carbonyl (C=O) groups excluding carboxylic acids is 3. The number of carbonyl (C=O) groups is 4. The van der Waals surface area contributed by atoms with Crippen molar-refractivity contribution in [2.45, 2.75) is 32.7 Å². The predicted octanol–water partition coefficient (Wildman–Crippen LogP) is 0.302. The molecule has 1 aliphatic heterocycles. The summed E-state index contributed by atoms with van der Waals surface area (Å²) in [7, 11) is 0. The van der Waals surface area contributed by atoms with Gasteiger partial charge in [0.1, 0.15) is 11.7 Å². The molecule has 1 aromatic heterocycles. The Hall–Kier alpha value is -2.84. The molecule has 0 aliphatic carbocycles. The number of aromatic amines is 1. The molecule has 3 amide bonds. The molecule has 0 bridgehead atoms. The lowest BCUT2D eigenvalue weighted by molar-refractivity contribution is -0.141. The average molecular weight is 364 g/mol. The first-order valence-electron chi connectivity index (χ1n) is 8.57. The highest BCUT2D eigenvalue weighted by Crippen LogP contribution is 2.15. The van der Waals surface area contributed by atoms with E-state index in [1.54, 1.807) is 4.90 Å². The van der Waals surface area contributed by atoms with E-state index < -0.39 is 17.9 Å². The fourth-order valence-electron chi connectivity index (χ4n) is 2.85. The van der Waals surface area contributed by atoms with Gasteiger partial charge in [-0.1, -0.05) is 0 Å². The zero-order valence-corrected chi connectivity index (χ0v) is 14.9. The maximum Gasteiger partial charge on any atom is 0.326 e. The zero-order valence-electron chi connectivity index (χ0n) is 14.9. The second kappa shape index (κ2) is 8.50. The summed E-state index contributed by atoms with van der Waals surface area (Å²) in [5, 5.41) is 11.8. The third-order valence-corrected chi connectivity index (χ3v) is 4.37. The molecular formula is C17H24N4O5. The van der Waals surface area contributed by atoms with E-state index in [-0.39, 0.29) is 30.5 Å². The van der Waals surface area contributed by atoms with Crippen LogP contribution >= 0.6 is 0 Å². The molecule has 0 spiro atoms. The molecule has 142 valence electrons. The fraction of sp³-hybridized carbons (Fsp3) is 0.529. The number of carboxylic acids is 1. The Morgan fingerprint density at radius 1 is 1.31 bits per heavy atom. The summed E-state index contributed by atoms with van der Waals surface area (Å²) in [5.41, 5.74) is 0.517. The lowest BCUT2D eigenvalue weighted by atomic mass is 10.2. The van der Waals surface area contributed by atoms with Crippen LogP contribution < -0.4 is 5.32 Å². The predicted molar refractivity (Wildman–Crippen MR) is 92.7 cm³/mol. The summed E-state index contributed by atoms with van der Waals surface area (Å²) < 4.78 is 0. The Morgan fingerprint density at radius 3 is 2.54 bits per heavy atom. The van der Waals surface area contributed by atoms with Gasteiger partial charge in [0, 0.05) is 39.3 Å². The van der Waals surface area contributed by atoms with Crippen LogP contribution in [0, 0.1) is 0 Å². The second-order valence-electron chi connectivity index (χ2n) is 6.30. The topological polar surface area (TPSA) is 123 Å². The fourth-order valence-corrected chi connectivity index (χ4v) is 2.85. The molecule has 26 heavy (non-hydrogen) atoms. The highest BCUT2D eigenvalue weighted by molar-refractivity contribution is 6.00. The molecule has 2 heterocycles. The van der Waals surface area contributed by atoms with E-state index in [1.807, 2.05) is 0 Å². The highest BCUT2D eigenvalue weighted by atomic mass is 16.4. The average Bonchev–Trinajstić information content (AvgIpc) is 3.28. The van der Waals surface area contributed by atoms with Crippen LogP contribution in [0.4, 0.5) is 0 Å². The lowest BCUT2D eigenvalue weighted by Crippen LogP contribution is -2.46. The number of aliphatic carboxylic acids is 1. The molecule has 0 saturated carbocycles. The number of nitrogens with one attached hydrogen (secondary N) is 2. The highest BCUT2D eigenvalue weighted by Gasteiger charge is 2.28. The van der Waals surface area contributed by atoms with Crippen molar-refractivity contribution in [1.29, 1.82) is 0 Å². The number of H-pyrrole nitrogens is 1. The minimum Gasteiger partial charge on any atom is -0.480 e. The molecule has 9 heteroatoms. The van der Waals surface area contributed by atoms with Crippen molar-refractivity contribution in [3.05, 3.63) is 23.5 Å². The molecular weight excluding hydrogens is 340 g/mol. The normalized spacial score (nSPS) is 14.8. The molecule has 0 radical (unpaired) electrons. The van der Waals surface area contributed by atoms with Crippen LogP contribution in [0.5, 0.6) is 0 Å². The van der Waals surface area contributed by atoms with Gasteiger partial charge in [-0.15, -0.1) is 0 Å². The number of carboxylic acid groups (broad SMARTS) is 1. The van der Waals surface area contributed by atoms with Gasteiger partial charge >= 0.3 is 5.97 Å². The van der Waals surface area contributed by atoms with Gasteiger partial charge in [-0.05, 0) is 25.8 Å². The number of nitrogens with zero attached hydrogens (tertiary/aromatic N) is 2. The SMILES string of the molecule is CC(=O)NCCN(C(=O)c1c[nH]c(C(=O)N2CCCC2)c1)C(C)C(=O)O. The first kappa shape index (κ1) is 19.5. The Labute approximate surface area is 151 Å². The quantitative estimate of drug-likeness (QED) is 0.642. The van der Waals surface area contributed by atoms with E-state index in [0.29, 0.717) is 18.8 Å². The molecule has 1 atom stereocenters. The Bertz CT molecular complexity index is 693. The van der Waals surface area contributed by atoms with Crippen LogP contribution in [0.15, 0.2) is 12.3 Å². The summed E-state index contributed by atoms with van der Waals surface area (Å²) in [6, 6.07) is 0.382. The van der Waals surface area contributed by atoms with E-state index in [9.17, 15) is 24.3 Å². The smallest absolute Gasteiger partial charge is 0.326 e. The molecule has 1 unspecified atom stereocenters. The summed E-state index contributed by atoms with van der Waals surface area (Å²) in [4.78, 5) is 53.1. The van der Waals surface area contributed by atoms with Crippen LogP contribution in [0.2, 0.25) is 0 Å². The minimum absolute atomic E-state index is 0.0481. The van der Waals surface area contributed by atoms with Gasteiger partial charge in [0.15, 0.2) is 0 Å². The van der Waals surface area contributed by atoms with E-state index in [2.05, 4.69) is 10.3 Å². The lowest BCUT2D eigenvalue weighted by Gasteiger charge is -2.26. The van der Waals surface area contributed by atoms with Gasteiger partial charge in [0.25, 0.3) is 11.8 Å². The summed E-state index contributed by atoms with van der Waals surface area (Å²) in [5.74, 6) is -2.09. The summed E-state index contributed by atoms with van der Waals surface area (Å²) in [6.07, 6.45) is 3.34. The van der Waals surface area contributed by atoms with Crippen molar-refractivity contribution in [3.63, 3.8) is 0 Å². The largest absolute Gasteiger partial charge is 0.480 e. The van der Waals surface area contributed by atoms with E-state index in [0.717, 1.165) is 17.7 Å². The Balaban J connectivity index is 2.12. The van der Waals surface area contributed by atoms with Gasteiger partial charge in [0.05, 0.1) is 5.56 Å². The molecule has 0 aromatic carbocycles. The maximum absolute atomic E-state index is 12.7. The number of rotatable bonds is 7. The van der Waals surface area contributed by atoms with Gasteiger partial charge in [0.2, 0.25) is 5.91 Å². The third kappa shape index (κ3) is 4.62. The molecule has 1 saturated heterocycles. The second-order valence-corrected chi connectivity index (χ2v) is 6.30. The van der Waals surface area contributed by atoms with Gasteiger partial charge in [-0.25, -0.2) is 4.79 Å². The Kier molecular flexibility index (Phi) is 6.37. The van der Waals surface area contributed by atoms with Crippen LogP contribution in [0.25, 0.3) is 0 Å². The number of hydrogen-bond acceptors (Lipinski definition) is 4. The zero-order chi connectivity index (χ0) is 19.3. The number of likely N-dealkylation sites (tertiary alicyclic amines) is 1. The third-order valence-electron chi connectivity index (χ3n) is 4.37. The van der Waals surface area contributed by atoms with Crippen LogP contribution in [0.1, 0.15) is 47.5 Å². The van der Waals surface area contributed by atoms with Crippen molar-refractivity contribution in [2.24, 2.45) is 0 Å². The van der Waals surface area contributed by atoms with Gasteiger partial charge < -0.3 is 25.2 Å². The van der Waals surface area contributed by atoms with E-state index >= 15 is 0 Å². The monoisotopic (exact) mass is 364 g/mol.